The van der Waals surface area contributed by atoms with Crippen LogP contribution in [0.15, 0.2) is 35.3 Å². The van der Waals surface area contributed by atoms with Crippen molar-refractivity contribution in [2.24, 2.45) is 0 Å². The van der Waals surface area contributed by atoms with Gasteiger partial charge in [-0.1, -0.05) is 13.0 Å². The summed E-state index contributed by atoms with van der Waals surface area (Å²) in [5.74, 6) is -1.80. The Balaban J connectivity index is 2.77. The van der Waals surface area contributed by atoms with Gasteiger partial charge in [-0.15, -0.1) is 0 Å². The van der Waals surface area contributed by atoms with Crippen LogP contribution in [0, 0.1) is 0 Å². The maximum atomic E-state index is 12.7. The smallest absolute Gasteiger partial charge is 0.330 e. The van der Waals surface area contributed by atoms with E-state index in [4.69, 9.17) is 4.74 Å². The molecule has 0 spiro atoms. The number of esters is 1. The number of amides is 3. The van der Waals surface area contributed by atoms with E-state index in [1.807, 2.05) is 18.9 Å². The zero-order chi connectivity index (χ0) is 25.5. The summed E-state index contributed by atoms with van der Waals surface area (Å²) in [6.07, 6.45) is 4.79. The molecule has 0 fully saturated rings. The molecule has 11 nitrogen and oxygen atoms in total. The van der Waals surface area contributed by atoms with Gasteiger partial charge in [-0.2, -0.15) is 0 Å². The number of anilines is 1. The number of rotatable bonds is 14. The highest BCUT2D eigenvalue weighted by atomic mass is 16.5. The fourth-order valence-corrected chi connectivity index (χ4v) is 2.88. The Labute approximate surface area is 199 Å². The summed E-state index contributed by atoms with van der Waals surface area (Å²) < 4.78 is 5.98. The number of carbonyl (C=O) groups excluding carboxylic acids is 4. The molecule has 1 aromatic rings. The van der Waals surface area contributed by atoms with Gasteiger partial charge in [0.15, 0.2) is 0 Å². The van der Waals surface area contributed by atoms with E-state index in [1.165, 1.54) is 29.8 Å². The lowest BCUT2D eigenvalue weighted by molar-refractivity contribution is -0.137. The van der Waals surface area contributed by atoms with Gasteiger partial charge in [0.25, 0.3) is 5.56 Å². The second kappa shape index (κ2) is 15.4. The normalized spacial score (nSPS) is 11.8. The van der Waals surface area contributed by atoms with Crippen molar-refractivity contribution in [1.29, 1.82) is 0 Å². The van der Waals surface area contributed by atoms with E-state index in [-0.39, 0.29) is 31.2 Å². The maximum Gasteiger partial charge on any atom is 0.330 e. The lowest BCUT2D eigenvalue weighted by Crippen LogP contribution is -2.44. The second-order valence-electron chi connectivity index (χ2n) is 7.57. The van der Waals surface area contributed by atoms with Crippen LogP contribution < -0.4 is 21.5 Å². The summed E-state index contributed by atoms with van der Waals surface area (Å²) in [4.78, 5) is 62.5. The predicted octanol–water partition coefficient (Wildman–Crippen LogP) is 0.259. The molecule has 0 aliphatic rings. The van der Waals surface area contributed by atoms with Gasteiger partial charge in [-0.25, -0.2) is 4.79 Å². The molecular weight excluding hydrogens is 442 g/mol. The van der Waals surface area contributed by atoms with Crippen LogP contribution >= 0.6 is 0 Å². The van der Waals surface area contributed by atoms with Crippen LogP contribution in [0.5, 0.6) is 0 Å². The van der Waals surface area contributed by atoms with Crippen molar-refractivity contribution in [3.05, 3.63) is 40.8 Å². The standard InChI is InChI=1S/C23H35N5O6/c1-5-27(4)15-13-24-20(30)16-28-14-9-11-19(23(28)33)26-22(32)18(25-17(3)29)10-7-8-12-21(31)34-6-2/h8-9,11-12,14,18H,5-7,10,13,15-16H2,1-4H3,(H,24,30)(H,25,29)(H,26,32)/b12-8+/t18-/m0/s1. The van der Waals surface area contributed by atoms with Crippen LogP contribution in [-0.4, -0.2) is 72.5 Å². The number of hydrogen-bond donors (Lipinski definition) is 3. The molecule has 1 heterocycles. The van der Waals surface area contributed by atoms with E-state index >= 15 is 0 Å². The first-order valence-corrected chi connectivity index (χ1v) is 11.2. The van der Waals surface area contributed by atoms with Crippen molar-refractivity contribution in [3.8, 4) is 0 Å². The van der Waals surface area contributed by atoms with Crippen molar-refractivity contribution in [2.75, 3.05) is 38.6 Å². The molecule has 1 rings (SSSR count). The van der Waals surface area contributed by atoms with E-state index in [9.17, 15) is 24.0 Å². The fraction of sp³-hybridized carbons (Fsp3) is 0.522. The summed E-state index contributed by atoms with van der Waals surface area (Å²) in [6.45, 7) is 7.05. The van der Waals surface area contributed by atoms with Crippen molar-refractivity contribution >= 4 is 29.4 Å². The predicted molar refractivity (Wildman–Crippen MR) is 128 cm³/mol. The van der Waals surface area contributed by atoms with Crippen LogP contribution in [0.1, 0.15) is 33.6 Å². The topological polar surface area (TPSA) is 139 Å². The van der Waals surface area contributed by atoms with Gasteiger partial charge in [0, 0.05) is 32.3 Å². The van der Waals surface area contributed by atoms with Crippen LogP contribution in [-0.2, 0) is 30.5 Å². The molecule has 0 bridgehead atoms. The minimum Gasteiger partial charge on any atom is -0.463 e. The molecule has 0 aromatic carbocycles. The van der Waals surface area contributed by atoms with Crippen LogP contribution in [0.3, 0.4) is 0 Å². The van der Waals surface area contributed by atoms with Gasteiger partial charge >= 0.3 is 5.97 Å². The minimum atomic E-state index is -0.920. The second-order valence-corrected chi connectivity index (χ2v) is 7.57. The molecule has 0 aliphatic heterocycles. The highest BCUT2D eigenvalue weighted by molar-refractivity contribution is 5.96. The molecule has 0 unspecified atom stereocenters. The highest BCUT2D eigenvalue weighted by Gasteiger charge is 2.20. The molecule has 34 heavy (non-hydrogen) atoms. The quantitative estimate of drug-likeness (QED) is 0.258. The number of pyridine rings is 1. The van der Waals surface area contributed by atoms with Crippen molar-refractivity contribution in [1.82, 2.24) is 20.1 Å². The third-order valence-electron chi connectivity index (χ3n) is 4.80. The summed E-state index contributed by atoms with van der Waals surface area (Å²) in [5, 5.41) is 7.82. The summed E-state index contributed by atoms with van der Waals surface area (Å²) >= 11 is 0. The number of hydrogen-bond acceptors (Lipinski definition) is 7. The molecule has 0 aliphatic carbocycles. The Morgan fingerprint density at radius 1 is 1.24 bits per heavy atom. The lowest BCUT2D eigenvalue weighted by atomic mass is 10.1. The minimum absolute atomic E-state index is 0.0107. The number of nitrogens with zero attached hydrogens (tertiary/aromatic N) is 2. The highest BCUT2D eigenvalue weighted by Crippen LogP contribution is 2.05. The molecule has 1 atom stereocenters. The largest absolute Gasteiger partial charge is 0.463 e. The Morgan fingerprint density at radius 2 is 1.97 bits per heavy atom. The molecule has 0 saturated heterocycles. The zero-order valence-electron chi connectivity index (χ0n) is 20.3. The first-order chi connectivity index (χ1) is 16.2. The van der Waals surface area contributed by atoms with Crippen LogP contribution in [0.4, 0.5) is 5.69 Å². The average molecular weight is 478 g/mol. The van der Waals surface area contributed by atoms with Gasteiger partial charge in [0.1, 0.15) is 18.3 Å². The number of carbonyl (C=O) groups is 4. The van der Waals surface area contributed by atoms with Gasteiger partial charge in [0.2, 0.25) is 17.7 Å². The Hall–Kier alpha value is -3.47. The van der Waals surface area contributed by atoms with Crippen LogP contribution in [0.2, 0.25) is 0 Å². The first kappa shape index (κ1) is 28.6. The fourth-order valence-electron chi connectivity index (χ4n) is 2.88. The zero-order valence-corrected chi connectivity index (χ0v) is 20.3. The van der Waals surface area contributed by atoms with Crippen molar-refractivity contribution < 1.29 is 23.9 Å². The number of aromatic nitrogens is 1. The van der Waals surface area contributed by atoms with E-state index in [0.717, 1.165) is 6.54 Å². The molecule has 188 valence electrons. The third-order valence-corrected chi connectivity index (χ3v) is 4.80. The molecule has 1 aromatic heterocycles. The Kier molecular flexibility index (Phi) is 12.9. The number of likely N-dealkylation sites (N-methyl/N-ethyl adjacent to an activating group) is 1. The summed E-state index contributed by atoms with van der Waals surface area (Å²) in [7, 11) is 1.94. The Morgan fingerprint density at radius 3 is 2.62 bits per heavy atom. The third kappa shape index (κ3) is 10.9. The number of nitrogens with one attached hydrogen (secondary N) is 3. The summed E-state index contributed by atoms with van der Waals surface area (Å²) in [6, 6.07) is 2.05. The maximum absolute atomic E-state index is 12.7. The Bertz CT molecular complexity index is 927. The SMILES string of the molecule is CCOC(=O)/C=C/CC[C@H](NC(C)=O)C(=O)Nc1cccn(CC(=O)NCCN(C)CC)c1=O. The van der Waals surface area contributed by atoms with Crippen molar-refractivity contribution in [3.63, 3.8) is 0 Å². The lowest BCUT2D eigenvalue weighted by Gasteiger charge is -2.17. The first-order valence-electron chi connectivity index (χ1n) is 11.2. The molecule has 0 radical (unpaired) electrons. The monoisotopic (exact) mass is 477 g/mol. The van der Waals surface area contributed by atoms with E-state index in [2.05, 4.69) is 16.0 Å². The van der Waals surface area contributed by atoms with Gasteiger partial charge in [-0.05, 0) is 45.5 Å². The summed E-state index contributed by atoms with van der Waals surface area (Å²) in [5.41, 5.74) is -0.552. The van der Waals surface area contributed by atoms with Gasteiger partial charge in [-0.3, -0.25) is 19.2 Å². The van der Waals surface area contributed by atoms with Gasteiger partial charge in [0.05, 0.1) is 6.61 Å². The number of allylic oxidation sites excluding steroid dienone is 1. The van der Waals surface area contributed by atoms with E-state index in [0.29, 0.717) is 19.5 Å². The van der Waals surface area contributed by atoms with E-state index in [1.54, 1.807) is 19.1 Å². The van der Waals surface area contributed by atoms with E-state index < -0.39 is 29.4 Å². The number of ether oxygens (including phenoxy) is 1. The van der Waals surface area contributed by atoms with Gasteiger partial charge < -0.3 is 30.2 Å². The van der Waals surface area contributed by atoms with Crippen molar-refractivity contribution in [2.45, 2.75) is 46.2 Å². The molecular formula is C23H35N5O6. The molecule has 3 N–H and O–H groups in total. The molecule has 3 amide bonds. The molecule has 11 heteroatoms. The molecule has 0 saturated carbocycles. The average Bonchev–Trinajstić information content (AvgIpc) is 2.78. The van der Waals surface area contributed by atoms with Crippen LogP contribution in [0.25, 0.3) is 0 Å².